The molecule has 1 amide bonds. The lowest BCUT2D eigenvalue weighted by Crippen LogP contribution is -2.34. The van der Waals surface area contributed by atoms with E-state index < -0.39 is 17.8 Å². The number of carboxylic acids is 1. The largest absolute Gasteiger partial charge is 0.481 e. The predicted octanol–water partition coefficient (Wildman–Crippen LogP) is 2.75. The highest BCUT2D eigenvalue weighted by Gasteiger charge is 2.41. The fourth-order valence-corrected chi connectivity index (χ4v) is 3.07. The second-order valence-electron chi connectivity index (χ2n) is 6.00. The molecule has 1 fully saturated rings. The van der Waals surface area contributed by atoms with Crippen LogP contribution >= 0.6 is 0 Å². The number of hydrogen-bond acceptors (Lipinski definition) is 2. The molecule has 3 atom stereocenters. The lowest BCUT2D eigenvalue weighted by Gasteiger charge is -2.15. The minimum atomic E-state index is -0.846. The van der Waals surface area contributed by atoms with Crippen molar-refractivity contribution in [3.8, 4) is 0 Å². The average molecular weight is 289 g/mol. The number of carbonyl (C=O) groups excluding carboxylic acids is 1. The third-order valence-electron chi connectivity index (χ3n) is 4.48. The van der Waals surface area contributed by atoms with Crippen LogP contribution < -0.4 is 5.32 Å². The van der Waals surface area contributed by atoms with Crippen LogP contribution in [0.1, 0.15) is 37.3 Å². The van der Waals surface area contributed by atoms with Crippen molar-refractivity contribution in [3.63, 3.8) is 0 Å². The molecule has 0 heterocycles. The first-order valence-corrected chi connectivity index (χ1v) is 7.57. The van der Waals surface area contributed by atoms with Gasteiger partial charge in [0, 0.05) is 6.54 Å². The van der Waals surface area contributed by atoms with Crippen molar-refractivity contribution >= 4 is 11.9 Å². The highest BCUT2D eigenvalue weighted by Crippen LogP contribution is 2.38. The molecule has 1 aliphatic rings. The molecule has 1 saturated carbocycles. The number of carboxylic acid groups (broad SMARTS) is 1. The number of carbonyl (C=O) groups is 2. The number of benzene rings is 1. The molecule has 0 radical (unpaired) electrons. The highest BCUT2D eigenvalue weighted by atomic mass is 16.4. The van der Waals surface area contributed by atoms with Gasteiger partial charge in [-0.2, -0.15) is 0 Å². The zero-order valence-corrected chi connectivity index (χ0v) is 12.6. The molecule has 0 bridgehead atoms. The average Bonchev–Trinajstić information content (AvgIpc) is 2.91. The minimum Gasteiger partial charge on any atom is -0.481 e. The molecule has 4 heteroatoms. The molecular formula is C17H23NO3. The van der Waals surface area contributed by atoms with E-state index in [0.29, 0.717) is 25.3 Å². The number of rotatable bonds is 5. The molecule has 0 spiro atoms. The molecule has 2 N–H and O–H groups in total. The molecule has 0 aliphatic heterocycles. The Morgan fingerprint density at radius 1 is 1.19 bits per heavy atom. The van der Waals surface area contributed by atoms with Crippen molar-refractivity contribution in [2.45, 2.75) is 39.7 Å². The van der Waals surface area contributed by atoms with E-state index in [9.17, 15) is 14.7 Å². The first-order chi connectivity index (χ1) is 10.0. The Hall–Kier alpha value is -1.84. The van der Waals surface area contributed by atoms with E-state index in [1.807, 2.05) is 31.2 Å². The van der Waals surface area contributed by atoms with Crippen LogP contribution in [-0.4, -0.2) is 17.0 Å². The maximum absolute atomic E-state index is 12.3. The Bertz CT molecular complexity index is 509. The molecule has 0 saturated heterocycles. The van der Waals surface area contributed by atoms with Gasteiger partial charge >= 0.3 is 5.97 Å². The molecule has 2 rings (SSSR count). The van der Waals surface area contributed by atoms with Gasteiger partial charge in [-0.3, -0.25) is 9.59 Å². The fraction of sp³-hybridized carbons (Fsp3) is 0.529. The van der Waals surface area contributed by atoms with Crippen LogP contribution in [0.3, 0.4) is 0 Å². The van der Waals surface area contributed by atoms with Crippen LogP contribution in [0, 0.1) is 24.7 Å². The van der Waals surface area contributed by atoms with E-state index in [0.717, 1.165) is 12.0 Å². The quantitative estimate of drug-likeness (QED) is 0.876. The number of hydrogen-bond donors (Lipinski definition) is 2. The van der Waals surface area contributed by atoms with Crippen molar-refractivity contribution in [3.05, 3.63) is 35.4 Å². The Labute approximate surface area is 125 Å². The third kappa shape index (κ3) is 3.84. The minimum absolute atomic E-state index is 0.126. The second-order valence-corrected chi connectivity index (χ2v) is 6.00. The van der Waals surface area contributed by atoms with Gasteiger partial charge in [0.2, 0.25) is 5.91 Å². The van der Waals surface area contributed by atoms with Gasteiger partial charge < -0.3 is 10.4 Å². The summed E-state index contributed by atoms with van der Waals surface area (Å²) in [6, 6.07) is 7.97. The van der Waals surface area contributed by atoms with Crippen LogP contribution in [0.15, 0.2) is 24.3 Å². The summed E-state index contributed by atoms with van der Waals surface area (Å²) in [4.78, 5) is 23.6. The molecule has 1 aromatic rings. The van der Waals surface area contributed by atoms with Gasteiger partial charge in [0.25, 0.3) is 0 Å². The van der Waals surface area contributed by atoms with E-state index in [1.165, 1.54) is 5.56 Å². The van der Waals surface area contributed by atoms with Crippen LogP contribution in [0.25, 0.3) is 0 Å². The molecule has 0 aromatic heterocycles. The fourth-order valence-electron chi connectivity index (χ4n) is 3.07. The standard InChI is InChI=1S/C17H23NO3/c1-3-12-8-14(15(9-12)17(20)21)16(19)18-10-13-6-4-11(2)5-7-13/h4-7,12,14-15H,3,8-10H2,1-2H3,(H,18,19)(H,20,21)/t12?,14-,15+/m0/s1. The smallest absolute Gasteiger partial charge is 0.307 e. The van der Waals surface area contributed by atoms with Crippen molar-refractivity contribution in [1.82, 2.24) is 5.32 Å². The SMILES string of the molecule is CCC1C[C@H](C(=O)NCc2ccc(C)cc2)[C@H](C(=O)O)C1. The molecule has 1 aromatic carbocycles. The third-order valence-corrected chi connectivity index (χ3v) is 4.48. The number of aryl methyl sites for hydroxylation is 1. The summed E-state index contributed by atoms with van der Waals surface area (Å²) in [6.07, 6.45) is 2.24. The number of nitrogens with one attached hydrogen (secondary N) is 1. The van der Waals surface area contributed by atoms with Crippen molar-refractivity contribution in [2.75, 3.05) is 0 Å². The first kappa shape index (κ1) is 15.5. The summed E-state index contributed by atoms with van der Waals surface area (Å²) in [5.41, 5.74) is 2.21. The summed E-state index contributed by atoms with van der Waals surface area (Å²) in [7, 11) is 0. The van der Waals surface area contributed by atoms with Gasteiger partial charge in [-0.15, -0.1) is 0 Å². The van der Waals surface area contributed by atoms with Gasteiger partial charge in [-0.1, -0.05) is 43.2 Å². The second kappa shape index (κ2) is 6.74. The Morgan fingerprint density at radius 3 is 2.38 bits per heavy atom. The number of aliphatic carboxylic acids is 1. The molecule has 114 valence electrons. The van der Waals surface area contributed by atoms with E-state index in [1.54, 1.807) is 0 Å². The lowest BCUT2D eigenvalue weighted by atomic mass is 9.95. The van der Waals surface area contributed by atoms with E-state index >= 15 is 0 Å². The van der Waals surface area contributed by atoms with E-state index in [-0.39, 0.29) is 5.91 Å². The van der Waals surface area contributed by atoms with Crippen LogP contribution in [0.2, 0.25) is 0 Å². The summed E-state index contributed by atoms with van der Waals surface area (Å²) < 4.78 is 0. The molecular weight excluding hydrogens is 266 g/mol. The van der Waals surface area contributed by atoms with Crippen LogP contribution in [-0.2, 0) is 16.1 Å². The predicted molar refractivity (Wildman–Crippen MR) is 80.7 cm³/mol. The topological polar surface area (TPSA) is 66.4 Å². The van der Waals surface area contributed by atoms with E-state index in [2.05, 4.69) is 12.2 Å². The normalized spacial score (nSPS) is 24.8. The number of amides is 1. The molecule has 1 unspecified atom stereocenters. The van der Waals surface area contributed by atoms with Crippen LogP contribution in [0.4, 0.5) is 0 Å². The van der Waals surface area contributed by atoms with Crippen molar-refractivity contribution in [1.29, 1.82) is 0 Å². The zero-order valence-electron chi connectivity index (χ0n) is 12.6. The molecule has 21 heavy (non-hydrogen) atoms. The maximum Gasteiger partial charge on any atom is 0.307 e. The first-order valence-electron chi connectivity index (χ1n) is 7.57. The van der Waals surface area contributed by atoms with Gasteiger partial charge in [-0.05, 0) is 31.2 Å². The summed E-state index contributed by atoms with van der Waals surface area (Å²) in [5.74, 6) is -1.55. The zero-order chi connectivity index (χ0) is 15.4. The van der Waals surface area contributed by atoms with Gasteiger partial charge in [0.1, 0.15) is 0 Å². The van der Waals surface area contributed by atoms with Gasteiger partial charge in [0.05, 0.1) is 11.8 Å². The van der Waals surface area contributed by atoms with Gasteiger partial charge in [-0.25, -0.2) is 0 Å². The highest BCUT2D eigenvalue weighted by molar-refractivity contribution is 5.85. The molecule has 1 aliphatic carbocycles. The monoisotopic (exact) mass is 289 g/mol. The van der Waals surface area contributed by atoms with Crippen molar-refractivity contribution in [2.24, 2.45) is 17.8 Å². The van der Waals surface area contributed by atoms with Gasteiger partial charge in [0.15, 0.2) is 0 Å². The van der Waals surface area contributed by atoms with E-state index in [4.69, 9.17) is 0 Å². The van der Waals surface area contributed by atoms with Crippen LogP contribution in [0.5, 0.6) is 0 Å². The molecule has 4 nitrogen and oxygen atoms in total. The summed E-state index contributed by atoms with van der Waals surface area (Å²) in [5, 5.41) is 12.2. The maximum atomic E-state index is 12.3. The lowest BCUT2D eigenvalue weighted by molar-refractivity contribution is -0.146. The summed E-state index contributed by atoms with van der Waals surface area (Å²) >= 11 is 0. The Balaban J connectivity index is 1.95. The summed E-state index contributed by atoms with van der Waals surface area (Å²) in [6.45, 7) is 4.53. The van der Waals surface area contributed by atoms with Crippen molar-refractivity contribution < 1.29 is 14.7 Å². The Morgan fingerprint density at radius 2 is 1.81 bits per heavy atom. The Kier molecular flexibility index (Phi) is 4.99.